The van der Waals surface area contributed by atoms with Crippen LogP contribution in [0, 0.1) is 0 Å². The number of para-hydroxylation sites is 1. The summed E-state index contributed by atoms with van der Waals surface area (Å²) in [4.78, 5) is 5.12. The Hall–Kier alpha value is -7.85. The first-order valence-electron chi connectivity index (χ1n) is 25.8. The van der Waals surface area contributed by atoms with Gasteiger partial charge in [0.05, 0.1) is 21.9 Å². The van der Waals surface area contributed by atoms with Crippen LogP contribution in [0.5, 0.6) is 0 Å². The molecule has 3 heteroatoms. The van der Waals surface area contributed by atoms with E-state index in [-0.39, 0.29) is 10.8 Å². The zero-order chi connectivity index (χ0) is 49.2. The summed E-state index contributed by atoms with van der Waals surface area (Å²) in [6.07, 6.45) is 0. The highest BCUT2D eigenvalue weighted by molar-refractivity contribution is 7.99. The van der Waals surface area contributed by atoms with E-state index in [1.165, 1.54) is 98.8 Å². The molecule has 0 N–H and O–H groups in total. The average molecular weight is 956 g/mol. The summed E-state index contributed by atoms with van der Waals surface area (Å²) in [5.74, 6) is 0. The Morgan fingerprint density at radius 2 is 0.795 bits per heavy atom. The predicted octanol–water partition coefficient (Wildman–Crippen LogP) is 18.8. The molecule has 2 heterocycles. The van der Waals surface area contributed by atoms with Crippen LogP contribution in [0.25, 0.3) is 55.3 Å². The highest BCUT2D eigenvalue weighted by Crippen LogP contribution is 2.66. The van der Waals surface area contributed by atoms with Crippen molar-refractivity contribution in [3.05, 3.63) is 268 Å². The maximum absolute atomic E-state index is 6.72. The van der Waals surface area contributed by atoms with Crippen molar-refractivity contribution in [1.29, 1.82) is 0 Å². The van der Waals surface area contributed by atoms with Crippen LogP contribution in [0.4, 0.5) is 17.1 Å². The maximum Gasteiger partial charge on any atom is 0.137 e. The van der Waals surface area contributed by atoms with Gasteiger partial charge in [0, 0.05) is 26.6 Å². The van der Waals surface area contributed by atoms with E-state index in [4.69, 9.17) is 4.42 Å². The second kappa shape index (κ2) is 14.9. The van der Waals surface area contributed by atoms with Crippen molar-refractivity contribution in [2.24, 2.45) is 0 Å². The summed E-state index contributed by atoms with van der Waals surface area (Å²) >= 11 is 1.91. The zero-order valence-corrected chi connectivity index (χ0v) is 42.8. The van der Waals surface area contributed by atoms with Gasteiger partial charge in [-0.25, -0.2) is 0 Å². The van der Waals surface area contributed by atoms with E-state index in [1.807, 2.05) is 11.8 Å². The topological polar surface area (TPSA) is 16.4 Å². The third kappa shape index (κ3) is 5.66. The smallest absolute Gasteiger partial charge is 0.137 e. The minimum atomic E-state index is -0.596. The molecule has 10 aromatic carbocycles. The SMILES string of the molecule is CC(C)(C)c1ccc2c(c1)C1(c3ccccc3Sc3ccc(N(c4ccc5c(c4)C4(c6ccccc6-c6ccccc64)c4ccccc4-5)c4cccc5oc6ccccc6c45)cc31)c1cc(C(C)(C)C)ccc1-2. The van der Waals surface area contributed by atoms with E-state index < -0.39 is 10.8 Å². The van der Waals surface area contributed by atoms with Crippen LogP contribution in [0.2, 0.25) is 0 Å². The van der Waals surface area contributed by atoms with Gasteiger partial charge in [0.25, 0.3) is 0 Å². The van der Waals surface area contributed by atoms with Gasteiger partial charge < -0.3 is 9.32 Å². The number of benzene rings is 10. The van der Waals surface area contributed by atoms with Crippen molar-refractivity contribution in [2.45, 2.75) is 73.0 Å². The van der Waals surface area contributed by atoms with Gasteiger partial charge in [0.1, 0.15) is 11.2 Å². The summed E-state index contributed by atoms with van der Waals surface area (Å²) < 4.78 is 6.72. The Balaban J connectivity index is 1.05. The van der Waals surface area contributed by atoms with E-state index in [0.717, 1.165) is 39.0 Å². The fourth-order valence-electron chi connectivity index (χ4n) is 13.6. The van der Waals surface area contributed by atoms with Gasteiger partial charge in [-0.2, -0.15) is 0 Å². The van der Waals surface area contributed by atoms with E-state index in [2.05, 4.69) is 259 Å². The Morgan fingerprint density at radius 1 is 0.356 bits per heavy atom. The molecule has 73 heavy (non-hydrogen) atoms. The van der Waals surface area contributed by atoms with Crippen LogP contribution >= 0.6 is 11.8 Å². The van der Waals surface area contributed by atoms with E-state index >= 15 is 0 Å². The quantitative estimate of drug-likeness (QED) is 0.176. The molecule has 0 amide bonds. The second-order valence-electron chi connectivity index (χ2n) is 22.7. The fraction of sp³-hybridized carbons (Fsp3) is 0.143. The summed E-state index contributed by atoms with van der Waals surface area (Å²) in [5.41, 5.74) is 25.0. The van der Waals surface area contributed by atoms with Crippen LogP contribution < -0.4 is 4.90 Å². The van der Waals surface area contributed by atoms with E-state index in [0.29, 0.717) is 0 Å². The zero-order valence-electron chi connectivity index (χ0n) is 42.0. The largest absolute Gasteiger partial charge is 0.456 e. The van der Waals surface area contributed by atoms with Gasteiger partial charge in [-0.05, 0) is 154 Å². The number of hydrogen-bond donors (Lipinski definition) is 0. The van der Waals surface area contributed by atoms with Gasteiger partial charge in [-0.3, -0.25) is 0 Å². The first-order valence-corrected chi connectivity index (χ1v) is 26.6. The Labute approximate surface area is 432 Å². The molecular formula is C70H53NOS. The molecule has 0 saturated heterocycles. The fourth-order valence-corrected chi connectivity index (χ4v) is 14.8. The monoisotopic (exact) mass is 955 g/mol. The Bertz CT molecular complexity index is 4050. The number of hydrogen-bond acceptors (Lipinski definition) is 3. The summed E-state index contributed by atoms with van der Waals surface area (Å²) in [6, 6.07) is 81.0. The molecule has 3 aliphatic carbocycles. The Kier molecular flexibility index (Phi) is 8.72. The number of furan rings is 1. The molecular weight excluding hydrogens is 903 g/mol. The molecule has 2 nitrogen and oxygen atoms in total. The van der Waals surface area contributed by atoms with Crippen molar-refractivity contribution in [1.82, 2.24) is 0 Å². The van der Waals surface area contributed by atoms with Crippen LogP contribution in [0.15, 0.2) is 227 Å². The number of anilines is 3. The molecule has 1 aliphatic heterocycles. The molecule has 2 spiro atoms. The highest BCUT2D eigenvalue weighted by atomic mass is 32.2. The maximum atomic E-state index is 6.72. The van der Waals surface area contributed by atoms with Gasteiger partial charge in [-0.15, -0.1) is 0 Å². The molecule has 11 aromatic rings. The minimum Gasteiger partial charge on any atom is -0.456 e. The summed E-state index contributed by atoms with van der Waals surface area (Å²) in [6.45, 7) is 14.1. The number of rotatable bonds is 3. The molecule has 0 atom stereocenters. The molecule has 0 radical (unpaired) electrons. The van der Waals surface area contributed by atoms with Crippen LogP contribution in [0.3, 0.4) is 0 Å². The third-order valence-corrected chi connectivity index (χ3v) is 18.0. The van der Waals surface area contributed by atoms with E-state index in [1.54, 1.807) is 0 Å². The summed E-state index contributed by atoms with van der Waals surface area (Å²) in [5, 5.41) is 2.20. The Morgan fingerprint density at radius 3 is 1.40 bits per heavy atom. The van der Waals surface area contributed by atoms with Crippen LogP contribution in [-0.2, 0) is 21.7 Å². The van der Waals surface area contributed by atoms with Gasteiger partial charge in [0.2, 0.25) is 0 Å². The van der Waals surface area contributed by atoms with Crippen molar-refractivity contribution in [3.8, 4) is 33.4 Å². The normalized spacial score (nSPS) is 14.9. The average Bonchev–Trinajstić information content (AvgIpc) is 4.13. The van der Waals surface area contributed by atoms with Crippen molar-refractivity contribution in [3.63, 3.8) is 0 Å². The van der Waals surface area contributed by atoms with Gasteiger partial charge >= 0.3 is 0 Å². The predicted molar refractivity (Wildman–Crippen MR) is 304 cm³/mol. The minimum absolute atomic E-state index is 0.0526. The lowest BCUT2D eigenvalue weighted by Gasteiger charge is -2.41. The molecule has 0 unspecified atom stereocenters. The van der Waals surface area contributed by atoms with Crippen molar-refractivity contribution < 1.29 is 4.42 Å². The molecule has 1 aromatic heterocycles. The lowest BCUT2D eigenvalue weighted by atomic mass is 9.66. The first kappa shape index (κ1) is 42.8. The molecule has 0 saturated carbocycles. The molecule has 15 rings (SSSR count). The lowest BCUT2D eigenvalue weighted by Crippen LogP contribution is -2.33. The third-order valence-electron chi connectivity index (χ3n) is 16.9. The number of fused-ring (bicyclic) bond motifs is 22. The molecule has 0 bridgehead atoms. The lowest BCUT2D eigenvalue weighted by molar-refractivity contribution is 0.585. The van der Waals surface area contributed by atoms with Crippen molar-refractivity contribution >= 4 is 50.8 Å². The molecule has 4 aliphatic rings. The highest BCUT2D eigenvalue weighted by Gasteiger charge is 2.53. The molecule has 350 valence electrons. The second-order valence-corrected chi connectivity index (χ2v) is 23.8. The standard InChI is InChI=1S/C70H53NOS/c1-67(2,3)42-30-34-49-50-35-31-43(68(4,5)6)39-58(50)70(57(49)38-42)56-25-14-16-29-64(56)73-65-37-33-45(41-60(65)70)71(61-26-17-28-63-66(61)52-21-10-15-27-62(52)72-63)44-32-36-51-48-20-9-13-24-55(48)69(59(51)40-44)53-22-11-7-18-46(53)47-19-8-12-23-54(47)69/h7-41H,1-6H3. The molecule has 0 fully saturated rings. The van der Waals surface area contributed by atoms with Gasteiger partial charge in [-0.1, -0.05) is 211 Å². The first-order chi connectivity index (χ1) is 35.5. The van der Waals surface area contributed by atoms with Gasteiger partial charge in [0.15, 0.2) is 0 Å². The van der Waals surface area contributed by atoms with E-state index in [9.17, 15) is 0 Å². The van der Waals surface area contributed by atoms with Crippen LogP contribution in [0.1, 0.15) is 97.2 Å². The number of nitrogens with zero attached hydrogens (tertiary/aromatic N) is 1. The van der Waals surface area contributed by atoms with Crippen LogP contribution in [-0.4, -0.2) is 0 Å². The summed E-state index contributed by atoms with van der Waals surface area (Å²) in [7, 11) is 0. The van der Waals surface area contributed by atoms with Crippen molar-refractivity contribution in [2.75, 3.05) is 4.90 Å².